The number of amides is 1. The van der Waals surface area contributed by atoms with Crippen LogP contribution >= 0.6 is 23.2 Å². The average Bonchev–Trinajstić information content (AvgIpc) is 2.59. The molecule has 0 radical (unpaired) electrons. The van der Waals surface area contributed by atoms with E-state index in [4.69, 9.17) is 27.9 Å². The highest BCUT2D eigenvalue weighted by Crippen LogP contribution is 2.22. The van der Waals surface area contributed by atoms with E-state index in [-0.39, 0.29) is 6.61 Å². The second-order valence-electron chi connectivity index (χ2n) is 5.60. The zero-order chi connectivity index (χ0) is 19.1. The number of benzene rings is 2. The molecule has 2 aromatic rings. The number of nitrogens with zero attached hydrogens (tertiary/aromatic N) is 1. The van der Waals surface area contributed by atoms with E-state index in [2.05, 4.69) is 5.32 Å². The maximum Gasteiger partial charge on any atom is 0.331 e. The lowest BCUT2D eigenvalue weighted by Crippen LogP contribution is -2.20. The molecule has 0 aliphatic rings. The molecule has 0 aliphatic carbocycles. The van der Waals surface area contributed by atoms with Crippen molar-refractivity contribution in [3.05, 3.63) is 64.1 Å². The van der Waals surface area contributed by atoms with Crippen molar-refractivity contribution in [1.82, 2.24) is 0 Å². The molecular formula is C19H18Cl2N2O3. The minimum atomic E-state index is -0.644. The molecular weight excluding hydrogens is 375 g/mol. The van der Waals surface area contributed by atoms with Crippen LogP contribution in [0, 0.1) is 0 Å². The second-order valence-corrected chi connectivity index (χ2v) is 6.44. The van der Waals surface area contributed by atoms with E-state index in [1.54, 1.807) is 30.3 Å². The fourth-order valence-corrected chi connectivity index (χ4v) is 2.49. The molecule has 0 spiro atoms. The fourth-order valence-electron chi connectivity index (χ4n) is 2.02. The third-order valence-electron chi connectivity index (χ3n) is 3.37. The Balaban J connectivity index is 1.82. The largest absolute Gasteiger partial charge is 0.452 e. The maximum atomic E-state index is 11.8. The van der Waals surface area contributed by atoms with Crippen molar-refractivity contribution in [3.8, 4) is 0 Å². The summed E-state index contributed by atoms with van der Waals surface area (Å²) in [5.41, 5.74) is 2.26. The molecule has 0 fully saturated rings. The van der Waals surface area contributed by atoms with Crippen molar-refractivity contribution in [3.63, 3.8) is 0 Å². The lowest BCUT2D eigenvalue weighted by atomic mass is 10.2. The number of nitrogens with one attached hydrogen (secondary N) is 1. The zero-order valence-electron chi connectivity index (χ0n) is 14.3. The van der Waals surface area contributed by atoms with Crippen LogP contribution < -0.4 is 10.2 Å². The van der Waals surface area contributed by atoms with Crippen LogP contribution in [0.5, 0.6) is 0 Å². The SMILES string of the molecule is CN(C)c1ccc(NC(=O)COC(=O)/C=C/c2ccc(Cl)cc2Cl)cc1. The van der Waals surface area contributed by atoms with E-state index in [0.29, 0.717) is 21.3 Å². The van der Waals surface area contributed by atoms with Crippen molar-refractivity contribution < 1.29 is 14.3 Å². The number of ether oxygens (including phenoxy) is 1. The normalized spacial score (nSPS) is 10.6. The lowest BCUT2D eigenvalue weighted by Gasteiger charge is -2.13. The number of rotatable bonds is 6. The van der Waals surface area contributed by atoms with Gasteiger partial charge in [0, 0.05) is 41.6 Å². The Labute approximate surface area is 162 Å². The molecule has 0 saturated carbocycles. The topological polar surface area (TPSA) is 58.6 Å². The van der Waals surface area contributed by atoms with Crippen molar-refractivity contribution in [2.24, 2.45) is 0 Å². The molecule has 0 bridgehead atoms. The van der Waals surface area contributed by atoms with Crippen LogP contribution in [0.1, 0.15) is 5.56 Å². The molecule has 0 atom stereocenters. The molecule has 7 heteroatoms. The van der Waals surface area contributed by atoms with E-state index in [9.17, 15) is 9.59 Å². The van der Waals surface area contributed by atoms with Crippen LogP contribution in [0.25, 0.3) is 6.08 Å². The van der Waals surface area contributed by atoms with Gasteiger partial charge in [0.15, 0.2) is 6.61 Å². The third kappa shape index (κ3) is 6.10. The van der Waals surface area contributed by atoms with Crippen molar-refractivity contribution in [2.45, 2.75) is 0 Å². The molecule has 0 aliphatic heterocycles. The first-order valence-corrected chi connectivity index (χ1v) is 8.48. The molecule has 0 heterocycles. The first-order chi connectivity index (χ1) is 12.3. The molecule has 2 rings (SSSR count). The number of hydrogen-bond donors (Lipinski definition) is 1. The molecule has 0 aromatic heterocycles. The average molecular weight is 393 g/mol. The van der Waals surface area contributed by atoms with Gasteiger partial charge in [-0.2, -0.15) is 0 Å². The number of carbonyl (C=O) groups is 2. The van der Waals surface area contributed by atoms with E-state index < -0.39 is 11.9 Å². The number of carbonyl (C=O) groups excluding carboxylic acids is 2. The van der Waals surface area contributed by atoms with Gasteiger partial charge in [-0.05, 0) is 48.0 Å². The van der Waals surface area contributed by atoms with Crippen LogP contribution in [0.4, 0.5) is 11.4 Å². The van der Waals surface area contributed by atoms with E-state index in [1.165, 1.54) is 12.2 Å². The molecule has 26 heavy (non-hydrogen) atoms. The standard InChI is InChI=1S/C19H18Cl2N2O3/c1-23(2)16-8-6-15(7-9-16)22-18(24)12-26-19(25)10-4-13-3-5-14(20)11-17(13)21/h3-11H,12H2,1-2H3,(H,22,24)/b10-4+. The van der Waals surface area contributed by atoms with Gasteiger partial charge in [-0.3, -0.25) is 4.79 Å². The predicted molar refractivity (Wildman–Crippen MR) is 106 cm³/mol. The summed E-state index contributed by atoms with van der Waals surface area (Å²) >= 11 is 11.8. The number of hydrogen-bond acceptors (Lipinski definition) is 4. The summed E-state index contributed by atoms with van der Waals surface area (Å²) in [5, 5.41) is 3.58. The molecule has 1 N–H and O–H groups in total. The van der Waals surface area contributed by atoms with Crippen molar-refractivity contribution in [2.75, 3.05) is 30.9 Å². The van der Waals surface area contributed by atoms with Crippen LogP contribution in [0.2, 0.25) is 10.0 Å². The predicted octanol–water partition coefficient (Wildman–Crippen LogP) is 4.25. The van der Waals surface area contributed by atoms with Gasteiger partial charge in [-0.1, -0.05) is 29.3 Å². The summed E-state index contributed by atoms with van der Waals surface area (Å²) in [6.45, 7) is -0.382. The van der Waals surface area contributed by atoms with Crippen LogP contribution in [-0.2, 0) is 14.3 Å². The zero-order valence-corrected chi connectivity index (χ0v) is 15.8. The number of halogens is 2. The minimum Gasteiger partial charge on any atom is -0.452 e. The molecule has 0 saturated heterocycles. The van der Waals surface area contributed by atoms with Gasteiger partial charge < -0.3 is 15.0 Å². The Hall–Kier alpha value is -2.50. The molecule has 1 amide bonds. The van der Waals surface area contributed by atoms with Gasteiger partial charge in [0.1, 0.15) is 0 Å². The molecule has 136 valence electrons. The van der Waals surface area contributed by atoms with Gasteiger partial charge >= 0.3 is 5.97 Å². The maximum absolute atomic E-state index is 11.8. The third-order valence-corrected chi connectivity index (χ3v) is 3.94. The van der Waals surface area contributed by atoms with Gasteiger partial charge in [-0.15, -0.1) is 0 Å². The highest BCUT2D eigenvalue weighted by Gasteiger charge is 2.06. The quantitative estimate of drug-likeness (QED) is 0.589. The van der Waals surface area contributed by atoms with E-state index in [1.807, 2.05) is 31.1 Å². The summed E-state index contributed by atoms with van der Waals surface area (Å²) in [4.78, 5) is 25.5. The highest BCUT2D eigenvalue weighted by molar-refractivity contribution is 6.35. The van der Waals surface area contributed by atoms with Gasteiger partial charge in [0.25, 0.3) is 5.91 Å². The molecule has 5 nitrogen and oxygen atoms in total. The van der Waals surface area contributed by atoms with Crippen molar-refractivity contribution >= 4 is 52.5 Å². The summed E-state index contributed by atoms with van der Waals surface area (Å²) in [5.74, 6) is -1.07. The number of esters is 1. The first-order valence-electron chi connectivity index (χ1n) is 7.72. The first kappa shape index (κ1) is 19.8. The van der Waals surface area contributed by atoms with Crippen LogP contribution in [0.3, 0.4) is 0 Å². The van der Waals surface area contributed by atoms with Gasteiger partial charge in [0.2, 0.25) is 0 Å². The van der Waals surface area contributed by atoms with E-state index >= 15 is 0 Å². The Bertz CT molecular complexity index is 818. The van der Waals surface area contributed by atoms with Crippen LogP contribution in [-0.4, -0.2) is 32.6 Å². The Morgan fingerprint density at radius 3 is 2.42 bits per heavy atom. The smallest absolute Gasteiger partial charge is 0.331 e. The fraction of sp³-hybridized carbons (Fsp3) is 0.158. The minimum absolute atomic E-state index is 0.382. The Morgan fingerprint density at radius 2 is 1.81 bits per heavy atom. The van der Waals surface area contributed by atoms with Gasteiger partial charge in [0.05, 0.1) is 0 Å². The van der Waals surface area contributed by atoms with E-state index in [0.717, 1.165) is 5.69 Å². The van der Waals surface area contributed by atoms with Crippen LogP contribution in [0.15, 0.2) is 48.5 Å². The summed E-state index contributed by atoms with van der Waals surface area (Å²) in [6, 6.07) is 12.2. The Kier molecular flexibility index (Phi) is 7.06. The lowest BCUT2D eigenvalue weighted by molar-refractivity contribution is -0.142. The summed E-state index contributed by atoms with van der Waals surface area (Å²) in [7, 11) is 3.86. The van der Waals surface area contributed by atoms with Gasteiger partial charge in [-0.25, -0.2) is 4.79 Å². The summed E-state index contributed by atoms with van der Waals surface area (Å²) < 4.78 is 4.91. The van der Waals surface area contributed by atoms with Crippen molar-refractivity contribution in [1.29, 1.82) is 0 Å². The highest BCUT2D eigenvalue weighted by atomic mass is 35.5. The Morgan fingerprint density at radius 1 is 1.12 bits per heavy atom. The monoisotopic (exact) mass is 392 g/mol. The number of anilines is 2. The second kappa shape index (κ2) is 9.27. The summed E-state index contributed by atoms with van der Waals surface area (Å²) in [6.07, 6.45) is 2.70. The molecule has 0 unspecified atom stereocenters. The molecule has 2 aromatic carbocycles.